The molecule has 0 saturated carbocycles. The summed E-state index contributed by atoms with van der Waals surface area (Å²) in [6.07, 6.45) is 0.0523. The predicted molar refractivity (Wildman–Crippen MR) is 93.6 cm³/mol. The standard InChI is InChI=1S/C17H22F2N2O6S/c1-12-6-7-14(15(20-12)27-11-17(18,19)8-4-10-22)28(24,25)21-9-3-5-13(21)16(23)26-2/h6-7,10,13H,3-5,8-9,11H2,1-2H3/t13-/m0/s1. The van der Waals surface area contributed by atoms with E-state index in [4.69, 9.17) is 4.74 Å². The molecule has 2 rings (SSSR count). The first-order chi connectivity index (χ1) is 13.1. The molecule has 1 aromatic heterocycles. The summed E-state index contributed by atoms with van der Waals surface area (Å²) >= 11 is 0. The maximum Gasteiger partial charge on any atom is 0.324 e. The van der Waals surface area contributed by atoms with E-state index in [9.17, 15) is 26.8 Å². The molecule has 0 aliphatic carbocycles. The molecule has 0 radical (unpaired) electrons. The molecular formula is C17H22F2N2O6S. The summed E-state index contributed by atoms with van der Waals surface area (Å²) in [5.41, 5.74) is 0.371. The van der Waals surface area contributed by atoms with E-state index in [0.717, 1.165) is 11.4 Å². The van der Waals surface area contributed by atoms with Gasteiger partial charge >= 0.3 is 5.97 Å². The van der Waals surface area contributed by atoms with Crippen molar-refractivity contribution in [3.63, 3.8) is 0 Å². The number of nitrogens with zero attached hydrogens (tertiary/aromatic N) is 2. The number of esters is 1. The van der Waals surface area contributed by atoms with Crippen LogP contribution in [0.2, 0.25) is 0 Å². The Morgan fingerprint density at radius 3 is 2.79 bits per heavy atom. The summed E-state index contributed by atoms with van der Waals surface area (Å²) < 4.78 is 64.4. The van der Waals surface area contributed by atoms with Crippen LogP contribution in [0.1, 0.15) is 31.4 Å². The maximum atomic E-state index is 13.8. The highest BCUT2D eigenvalue weighted by Gasteiger charge is 2.42. The van der Waals surface area contributed by atoms with Crippen molar-refractivity contribution in [2.45, 2.75) is 49.5 Å². The van der Waals surface area contributed by atoms with E-state index in [1.54, 1.807) is 6.92 Å². The number of carbonyl (C=O) groups is 2. The summed E-state index contributed by atoms with van der Waals surface area (Å²) in [6, 6.07) is 1.63. The number of hydrogen-bond acceptors (Lipinski definition) is 7. The number of hydrogen-bond donors (Lipinski definition) is 0. The van der Waals surface area contributed by atoms with Crippen molar-refractivity contribution in [3.8, 4) is 5.88 Å². The highest BCUT2D eigenvalue weighted by molar-refractivity contribution is 7.89. The molecule has 156 valence electrons. The number of aromatic nitrogens is 1. The number of pyridine rings is 1. The third-order valence-corrected chi connectivity index (χ3v) is 6.20. The van der Waals surface area contributed by atoms with E-state index < -0.39 is 51.8 Å². The lowest BCUT2D eigenvalue weighted by atomic mass is 10.2. The van der Waals surface area contributed by atoms with Crippen LogP contribution in [0.5, 0.6) is 5.88 Å². The van der Waals surface area contributed by atoms with Crippen LogP contribution in [0.3, 0.4) is 0 Å². The van der Waals surface area contributed by atoms with Gasteiger partial charge in [-0.05, 0) is 31.9 Å². The van der Waals surface area contributed by atoms with Gasteiger partial charge in [0, 0.05) is 25.1 Å². The molecule has 0 spiro atoms. The number of carbonyl (C=O) groups excluding carboxylic acids is 2. The number of ether oxygens (including phenoxy) is 2. The molecule has 1 aliphatic heterocycles. The van der Waals surface area contributed by atoms with E-state index >= 15 is 0 Å². The summed E-state index contributed by atoms with van der Waals surface area (Å²) in [4.78, 5) is 25.7. The minimum atomic E-state index is -4.23. The van der Waals surface area contributed by atoms with Gasteiger partial charge in [-0.3, -0.25) is 4.79 Å². The van der Waals surface area contributed by atoms with E-state index in [1.165, 1.54) is 12.1 Å². The smallest absolute Gasteiger partial charge is 0.324 e. The van der Waals surface area contributed by atoms with Crippen LogP contribution in [0.15, 0.2) is 17.0 Å². The third-order valence-electron chi connectivity index (χ3n) is 4.28. The number of rotatable bonds is 9. The maximum absolute atomic E-state index is 13.8. The topological polar surface area (TPSA) is 103 Å². The first-order valence-corrected chi connectivity index (χ1v) is 10.1. The zero-order chi connectivity index (χ0) is 20.9. The Balaban J connectivity index is 2.32. The van der Waals surface area contributed by atoms with Gasteiger partial charge in [-0.1, -0.05) is 0 Å². The second-order valence-electron chi connectivity index (χ2n) is 6.40. The molecule has 28 heavy (non-hydrogen) atoms. The van der Waals surface area contributed by atoms with Crippen molar-refractivity contribution in [2.24, 2.45) is 0 Å². The van der Waals surface area contributed by atoms with Gasteiger partial charge in [0.15, 0.2) is 6.61 Å². The highest BCUT2D eigenvalue weighted by atomic mass is 32.2. The number of methoxy groups -OCH3 is 1. The monoisotopic (exact) mass is 420 g/mol. The molecular weight excluding hydrogens is 398 g/mol. The fraction of sp³-hybridized carbons (Fsp3) is 0.588. The molecule has 0 aromatic carbocycles. The predicted octanol–water partition coefficient (Wildman–Crippen LogP) is 1.71. The SMILES string of the molecule is COC(=O)[C@@H]1CCCN1S(=O)(=O)c1ccc(C)nc1OCC(F)(F)CCC=O. The first kappa shape index (κ1) is 22.2. The zero-order valence-corrected chi connectivity index (χ0v) is 16.4. The number of halogens is 2. The molecule has 0 unspecified atom stereocenters. The van der Waals surface area contributed by atoms with E-state index in [0.29, 0.717) is 24.8 Å². The van der Waals surface area contributed by atoms with Crippen molar-refractivity contribution in [2.75, 3.05) is 20.3 Å². The zero-order valence-electron chi connectivity index (χ0n) is 15.6. The van der Waals surface area contributed by atoms with Gasteiger partial charge in [-0.2, -0.15) is 4.31 Å². The van der Waals surface area contributed by atoms with Crippen LogP contribution >= 0.6 is 0 Å². The van der Waals surface area contributed by atoms with Crippen LogP contribution in [-0.4, -0.2) is 62.2 Å². The average Bonchev–Trinajstić information content (AvgIpc) is 3.15. The van der Waals surface area contributed by atoms with Crippen LogP contribution < -0.4 is 4.74 Å². The molecule has 0 amide bonds. The Hall–Kier alpha value is -2.14. The lowest BCUT2D eigenvalue weighted by molar-refractivity contribution is -0.144. The minimum Gasteiger partial charge on any atom is -0.470 e. The van der Waals surface area contributed by atoms with Gasteiger partial charge in [0.2, 0.25) is 15.9 Å². The molecule has 1 saturated heterocycles. The van der Waals surface area contributed by atoms with E-state index in [1.807, 2.05) is 0 Å². The molecule has 11 heteroatoms. The number of alkyl halides is 2. The number of sulfonamides is 1. The second-order valence-corrected chi connectivity index (χ2v) is 8.26. The lowest BCUT2D eigenvalue weighted by Gasteiger charge is -2.23. The van der Waals surface area contributed by atoms with E-state index in [-0.39, 0.29) is 13.0 Å². The molecule has 1 atom stereocenters. The van der Waals surface area contributed by atoms with Crippen molar-refractivity contribution in [3.05, 3.63) is 17.8 Å². The fourth-order valence-electron chi connectivity index (χ4n) is 2.86. The van der Waals surface area contributed by atoms with E-state index in [2.05, 4.69) is 9.72 Å². The van der Waals surface area contributed by atoms with Gasteiger partial charge in [-0.25, -0.2) is 22.2 Å². The van der Waals surface area contributed by atoms with Gasteiger partial charge < -0.3 is 14.3 Å². The Morgan fingerprint density at radius 2 is 2.14 bits per heavy atom. The summed E-state index contributed by atoms with van der Waals surface area (Å²) in [5.74, 6) is -4.49. The normalized spacial score (nSPS) is 18.1. The molecule has 1 fully saturated rings. The van der Waals surface area contributed by atoms with Crippen LogP contribution in [0.4, 0.5) is 8.78 Å². The van der Waals surface area contributed by atoms with Crippen LogP contribution in [0, 0.1) is 6.92 Å². The van der Waals surface area contributed by atoms with Crippen molar-refractivity contribution >= 4 is 22.3 Å². The molecule has 1 aliphatic rings. The highest BCUT2D eigenvalue weighted by Crippen LogP contribution is 2.32. The van der Waals surface area contributed by atoms with Crippen LogP contribution in [0.25, 0.3) is 0 Å². The quantitative estimate of drug-likeness (QED) is 0.443. The average molecular weight is 420 g/mol. The van der Waals surface area contributed by atoms with Gasteiger partial charge in [0.05, 0.1) is 7.11 Å². The Kier molecular flexibility index (Phi) is 7.05. The third kappa shape index (κ3) is 5.02. The molecule has 8 nitrogen and oxygen atoms in total. The van der Waals surface area contributed by atoms with Crippen molar-refractivity contribution < 1.29 is 36.3 Å². The number of aryl methyl sites for hydroxylation is 1. The van der Waals surface area contributed by atoms with Crippen LogP contribution in [-0.2, 0) is 24.3 Å². The summed E-state index contributed by atoms with van der Waals surface area (Å²) in [6.45, 7) is 0.520. The first-order valence-electron chi connectivity index (χ1n) is 8.64. The van der Waals surface area contributed by atoms with Gasteiger partial charge in [-0.15, -0.1) is 0 Å². The largest absolute Gasteiger partial charge is 0.470 e. The molecule has 1 aromatic rings. The second kappa shape index (κ2) is 8.91. The molecule has 2 heterocycles. The van der Waals surface area contributed by atoms with Gasteiger partial charge in [0.25, 0.3) is 5.92 Å². The fourth-order valence-corrected chi connectivity index (χ4v) is 4.58. The van der Waals surface area contributed by atoms with Crippen molar-refractivity contribution in [1.29, 1.82) is 0 Å². The lowest BCUT2D eigenvalue weighted by Crippen LogP contribution is -2.41. The number of aldehydes is 1. The molecule has 0 bridgehead atoms. The van der Waals surface area contributed by atoms with Gasteiger partial charge in [0.1, 0.15) is 17.2 Å². The summed E-state index contributed by atoms with van der Waals surface area (Å²) in [7, 11) is -3.07. The van der Waals surface area contributed by atoms with Crippen molar-refractivity contribution in [1.82, 2.24) is 9.29 Å². The molecule has 0 N–H and O–H groups in total. The Morgan fingerprint density at radius 1 is 1.43 bits per heavy atom. The Labute approximate surface area is 161 Å². The Bertz CT molecular complexity index is 831. The summed E-state index contributed by atoms with van der Waals surface area (Å²) in [5, 5.41) is 0. The minimum absolute atomic E-state index is 0.0882.